The lowest BCUT2D eigenvalue weighted by atomic mass is 10.1. The van der Waals surface area contributed by atoms with E-state index in [0.29, 0.717) is 13.3 Å². The van der Waals surface area contributed by atoms with E-state index in [1.807, 2.05) is 12.1 Å². The number of benzene rings is 1. The van der Waals surface area contributed by atoms with E-state index in [-0.39, 0.29) is 6.04 Å². The number of nitrogens with one attached hydrogen (secondary N) is 1. The van der Waals surface area contributed by atoms with Crippen molar-refractivity contribution in [2.75, 3.05) is 26.4 Å². The minimum atomic E-state index is 0.0340. The van der Waals surface area contributed by atoms with Gasteiger partial charge in [-0.1, -0.05) is 6.07 Å². The van der Waals surface area contributed by atoms with Crippen LogP contribution in [0.4, 0.5) is 0 Å². The third kappa shape index (κ3) is 3.33. The Balaban J connectivity index is 1.76. The van der Waals surface area contributed by atoms with Crippen LogP contribution in [0.1, 0.15) is 5.56 Å². The lowest BCUT2D eigenvalue weighted by molar-refractivity contribution is 0.174. The van der Waals surface area contributed by atoms with Crippen molar-refractivity contribution in [3.8, 4) is 11.5 Å². The van der Waals surface area contributed by atoms with Gasteiger partial charge in [-0.3, -0.25) is 0 Å². The summed E-state index contributed by atoms with van der Waals surface area (Å²) < 4.78 is 10.6. The van der Waals surface area contributed by atoms with Crippen molar-refractivity contribution in [2.45, 2.75) is 12.5 Å². The Morgan fingerprint density at radius 3 is 2.94 bits per heavy atom. The molecule has 1 unspecified atom stereocenters. The first-order valence-electron chi connectivity index (χ1n) is 5.84. The van der Waals surface area contributed by atoms with Crippen LogP contribution < -0.4 is 26.3 Å². The van der Waals surface area contributed by atoms with E-state index in [0.717, 1.165) is 31.0 Å². The van der Waals surface area contributed by atoms with Gasteiger partial charge in [-0.05, 0) is 30.7 Å². The lowest BCUT2D eigenvalue weighted by Crippen LogP contribution is -2.40. The van der Waals surface area contributed by atoms with Gasteiger partial charge in [0.05, 0.1) is 0 Å². The maximum absolute atomic E-state index is 5.70. The molecule has 94 valence electrons. The van der Waals surface area contributed by atoms with Gasteiger partial charge in [0, 0.05) is 19.1 Å². The number of ether oxygens (including phenoxy) is 2. The molecule has 0 aromatic heterocycles. The standard InChI is InChI=1S/C12H19N3O2/c13-6-10(14)7-15-4-3-9-1-2-11-12(5-9)17-8-16-11/h1-2,5,10,15H,3-4,6-8,13-14H2. The zero-order valence-electron chi connectivity index (χ0n) is 9.82. The molecule has 1 aliphatic rings. The Morgan fingerprint density at radius 2 is 2.12 bits per heavy atom. The van der Waals surface area contributed by atoms with Crippen LogP contribution in [0.15, 0.2) is 18.2 Å². The zero-order chi connectivity index (χ0) is 12.1. The molecule has 5 nitrogen and oxygen atoms in total. The molecule has 1 atom stereocenters. The first kappa shape index (κ1) is 12.2. The third-order valence-corrected chi connectivity index (χ3v) is 2.74. The Hall–Kier alpha value is -1.30. The third-order valence-electron chi connectivity index (χ3n) is 2.74. The van der Waals surface area contributed by atoms with Crippen LogP contribution in [0.5, 0.6) is 11.5 Å². The molecule has 0 bridgehead atoms. The van der Waals surface area contributed by atoms with Gasteiger partial charge >= 0.3 is 0 Å². The molecule has 0 saturated carbocycles. The van der Waals surface area contributed by atoms with E-state index in [4.69, 9.17) is 20.9 Å². The van der Waals surface area contributed by atoms with E-state index >= 15 is 0 Å². The average molecular weight is 237 g/mol. The van der Waals surface area contributed by atoms with E-state index < -0.39 is 0 Å². The minimum Gasteiger partial charge on any atom is -0.454 e. The molecule has 2 rings (SSSR count). The van der Waals surface area contributed by atoms with Crippen LogP contribution in [0.3, 0.4) is 0 Å². The first-order chi connectivity index (χ1) is 8.29. The average Bonchev–Trinajstić information content (AvgIpc) is 2.81. The molecular formula is C12H19N3O2. The molecule has 0 fully saturated rings. The molecule has 5 heteroatoms. The van der Waals surface area contributed by atoms with Crippen molar-refractivity contribution in [1.29, 1.82) is 0 Å². The van der Waals surface area contributed by atoms with Crippen molar-refractivity contribution < 1.29 is 9.47 Å². The van der Waals surface area contributed by atoms with Crippen molar-refractivity contribution >= 4 is 0 Å². The van der Waals surface area contributed by atoms with E-state index in [1.54, 1.807) is 0 Å². The first-order valence-corrected chi connectivity index (χ1v) is 5.84. The number of hydrogen-bond donors (Lipinski definition) is 3. The van der Waals surface area contributed by atoms with Crippen molar-refractivity contribution in [2.24, 2.45) is 11.5 Å². The highest BCUT2D eigenvalue weighted by Crippen LogP contribution is 2.32. The molecule has 0 saturated heterocycles. The van der Waals surface area contributed by atoms with Crippen LogP contribution in [0, 0.1) is 0 Å². The van der Waals surface area contributed by atoms with Crippen LogP contribution >= 0.6 is 0 Å². The largest absolute Gasteiger partial charge is 0.454 e. The predicted octanol–water partition coefficient (Wildman–Crippen LogP) is -0.167. The van der Waals surface area contributed by atoms with E-state index in [2.05, 4.69) is 11.4 Å². The molecule has 5 N–H and O–H groups in total. The molecule has 1 aromatic rings. The summed E-state index contributed by atoms with van der Waals surface area (Å²) in [7, 11) is 0. The smallest absolute Gasteiger partial charge is 0.231 e. The fourth-order valence-corrected chi connectivity index (χ4v) is 1.70. The maximum atomic E-state index is 5.70. The lowest BCUT2D eigenvalue weighted by Gasteiger charge is -2.10. The summed E-state index contributed by atoms with van der Waals surface area (Å²) in [5, 5.41) is 3.28. The molecule has 0 aliphatic carbocycles. The SMILES string of the molecule is NCC(N)CNCCc1ccc2c(c1)OCO2. The number of fused-ring (bicyclic) bond motifs is 1. The topological polar surface area (TPSA) is 82.5 Å². The van der Waals surface area contributed by atoms with Gasteiger partial charge in [-0.25, -0.2) is 0 Å². The summed E-state index contributed by atoms with van der Waals surface area (Å²) in [6, 6.07) is 6.06. The highest BCUT2D eigenvalue weighted by molar-refractivity contribution is 5.44. The van der Waals surface area contributed by atoms with E-state index in [1.165, 1.54) is 5.56 Å². The number of rotatable bonds is 6. The summed E-state index contributed by atoms with van der Waals surface area (Å²) in [5.74, 6) is 1.66. The van der Waals surface area contributed by atoms with Gasteiger partial charge in [0.1, 0.15) is 0 Å². The second-order valence-corrected chi connectivity index (χ2v) is 4.14. The summed E-state index contributed by atoms with van der Waals surface area (Å²) in [6.07, 6.45) is 0.938. The molecule has 17 heavy (non-hydrogen) atoms. The Bertz CT molecular complexity index is 371. The molecule has 0 amide bonds. The quantitative estimate of drug-likeness (QED) is 0.599. The number of hydrogen-bond acceptors (Lipinski definition) is 5. The molecule has 0 radical (unpaired) electrons. The number of nitrogens with two attached hydrogens (primary N) is 2. The van der Waals surface area contributed by atoms with Crippen LogP contribution in [0.2, 0.25) is 0 Å². The fourth-order valence-electron chi connectivity index (χ4n) is 1.70. The zero-order valence-corrected chi connectivity index (χ0v) is 9.82. The normalized spacial score (nSPS) is 14.9. The van der Waals surface area contributed by atoms with E-state index in [9.17, 15) is 0 Å². The molecule has 1 aromatic carbocycles. The highest BCUT2D eigenvalue weighted by Gasteiger charge is 2.12. The second kappa shape index (κ2) is 5.86. The highest BCUT2D eigenvalue weighted by atomic mass is 16.7. The Morgan fingerprint density at radius 1 is 1.29 bits per heavy atom. The van der Waals surface area contributed by atoms with Gasteiger partial charge < -0.3 is 26.3 Å². The van der Waals surface area contributed by atoms with Crippen LogP contribution in [0.25, 0.3) is 0 Å². The summed E-state index contributed by atoms with van der Waals surface area (Å²) in [6.45, 7) is 2.47. The van der Waals surface area contributed by atoms with Gasteiger partial charge in [0.25, 0.3) is 0 Å². The van der Waals surface area contributed by atoms with Crippen molar-refractivity contribution in [3.05, 3.63) is 23.8 Å². The van der Waals surface area contributed by atoms with Crippen molar-refractivity contribution in [3.63, 3.8) is 0 Å². The maximum Gasteiger partial charge on any atom is 0.231 e. The monoisotopic (exact) mass is 237 g/mol. The van der Waals surface area contributed by atoms with Gasteiger partial charge in [-0.2, -0.15) is 0 Å². The summed E-state index contributed by atoms with van der Waals surface area (Å²) in [5.41, 5.74) is 12.4. The van der Waals surface area contributed by atoms with Gasteiger partial charge in [-0.15, -0.1) is 0 Å². The van der Waals surface area contributed by atoms with Gasteiger partial charge in [0.2, 0.25) is 6.79 Å². The van der Waals surface area contributed by atoms with Crippen LogP contribution in [-0.2, 0) is 6.42 Å². The molecule has 1 heterocycles. The van der Waals surface area contributed by atoms with Crippen molar-refractivity contribution in [1.82, 2.24) is 5.32 Å². The summed E-state index contributed by atoms with van der Waals surface area (Å²) >= 11 is 0. The predicted molar refractivity (Wildman–Crippen MR) is 66.2 cm³/mol. The Labute approximate surface area is 101 Å². The second-order valence-electron chi connectivity index (χ2n) is 4.14. The molecule has 0 spiro atoms. The molecular weight excluding hydrogens is 218 g/mol. The van der Waals surface area contributed by atoms with Crippen LogP contribution in [-0.4, -0.2) is 32.5 Å². The minimum absolute atomic E-state index is 0.0340. The van der Waals surface area contributed by atoms with Gasteiger partial charge in [0.15, 0.2) is 11.5 Å². The Kier molecular flexibility index (Phi) is 4.19. The molecule has 1 aliphatic heterocycles. The fraction of sp³-hybridized carbons (Fsp3) is 0.500. The summed E-state index contributed by atoms with van der Waals surface area (Å²) in [4.78, 5) is 0.